The molecule has 1 atom stereocenters. The Balaban J connectivity index is 2.28. The second-order valence-electron chi connectivity index (χ2n) is 5.57. The van der Waals surface area contributed by atoms with E-state index in [-0.39, 0.29) is 23.9 Å². The normalized spacial score (nSPS) is 18.6. The number of carbonyl (C=O) groups excluding carboxylic acids is 1. The zero-order valence-corrected chi connectivity index (χ0v) is 11.3. The van der Waals surface area contributed by atoms with Crippen molar-refractivity contribution >= 4 is 12.0 Å². The summed E-state index contributed by atoms with van der Waals surface area (Å²) in [5.41, 5.74) is 0.240. The molecule has 5 heteroatoms. The number of hydrogen-bond donors (Lipinski definition) is 3. The minimum Gasteiger partial charge on any atom is -0.481 e. The molecule has 18 heavy (non-hydrogen) atoms. The van der Waals surface area contributed by atoms with Gasteiger partial charge in [-0.1, -0.05) is 26.7 Å². The maximum absolute atomic E-state index is 11.7. The molecule has 2 amide bonds. The third-order valence-corrected chi connectivity index (χ3v) is 3.63. The van der Waals surface area contributed by atoms with Crippen LogP contribution in [0.15, 0.2) is 0 Å². The molecule has 0 bridgehead atoms. The molecule has 1 aliphatic rings. The Morgan fingerprint density at radius 2 is 2.06 bits per heavy atom. The van der Waals surface area contributed by atoms with Crippen LogP contribution in [0.1, 0.15) is 52.4 Å². The fourth-order valence-corrected chi connectivity index (χ4v) is 2.27. The number of carboxylic acid groups (broad SMARTS) is 1. The van der Waals surface area contributed by atoms with Crippen molar-refractivity contribution in [2.24, 2.45) is 5.41 Å². The Hall–Kier alpha value is -1.26. The molecule has 0 aromatic carbocycles. The summed E-state index contributed by atoms with van der Waals surface area (Å²) in [4.78, 5) is 22.3. The van der Waals surface area contributed by atoms with Gasteiger partial charge in [0.15, 0.2) is 0 Å². The van der Waals surface area contributed by atoms with E-state index in [2.05, 4.69) is 17.6 Å². The summed E-state index contributed by atoms with van der Waals surface area (Å²) in [7, 11) is 0. The van der Waals surface area contributed by atoms with Crippen molar-refractivity contribution in [1.82, 2.24) is 10.6 Å². The zero-order chi connectivity index (χ0) is 13.6. The number of urea groups is 1. The lowest BCUT2D eigenvalue weighted by Crippen LogP contribution is -2.47. The van der Waals surface area contributed by atoms with Crippen molar-refractivity contribution in [3.8, 4) is 0 Å². The predicted octanol–water partition coefficient (Wildman–Crippen LogP) is 2.12. The van der Waals surface area contributed by atoms with Gasteiger partial charge in [-0.25, -0.2) is 4.79 Å². The number of nitrogens with one attached hydrogen (secondary N) is 2. The van der Waals surface area contributed by atoms with Gasteiger partial charge in [-0.2, -0.15) is 0 Å². The van der Waals surface area contributed by atoms with E-state index in [4.69, 9.17) is 5.11 Å². The van der Waals surface area contributed by atoms with Crippen LogP contribution in [-0.4, -0.2) is 29.7 Å². The summed E-state index contributed by atoms with van der Waals surface area (Å²) in [5.74, 6) is -0.875. The van der Waals surface area contributed by atoms with Crippen molar-refractivity contribution in [1.29, 1.82) is 0 Å². The molecule has 0 aromatic heterocycles. The highest BCUT2D eigenvalue weighted by atomic mass is 16.4. The first-order chi connectivity index (χ1) is 8.45. The number of carbonyl (C=O) groups is 2. The van der Waals surface area contributed by atoms with Crippen molar-refractivity contribution in [3.63, 3.8) is 0 Å². The smallest absolute Gasteiger partial charge is 0.315 e. The van der Waals surface area contributed by atoms with Gasteiger partial charge >= 0.3 is 12.0 Å². The second kappa shape index (κ2) is 6.61. The van der Waals surface area contributed by atoms with Crippen LogP contribution in [0.5, 0.6) is 0 Å². The fraction of sp³-hybridized carbons (Fsp3) is 0.846. The quantitative estimate of drug-likeness (QED) is 0.653. The first kappa shape index (κ1) is 14.8. The number of rotatable bonds is 7. The molecule has 0 aliphatic heterocycles. The maximum Gasteiger partial charge on any atom is 0.315 e. The Morgan fingerprint density at radius 1 is 1.39 bits per heavy atom. The molecule has 1 aliphatic carbocycles. The van der Waals surface area contributed by atoms with Crippen LogP contribution in [0, 0.1) is 5.41 Å². The molecule has 0 spiro atoms. The predicted molar refractivity (Wildman–Crippen MR) is 69.4 cm³/mol. The Bertz CT molecular complexity index is 301. The maximum atomic E-state index is 11.7. The summed E-state index contributed by atoms with van der Waals surface area (Å²) >= 11 is 0. The second-order valence-corrected chi connectivity index (χ2v) is 5.57. The van der Waals surface area contributed by atoms with Crippen LogP contribution in [0.2, 0.25) is 0 Å². The van der Waals surface area contributed by atoms with Gasteiger partial charge < -0.3 is 15.7 Å². The van der Waals surface area contributed by atoms with E-state index < -0.39 is 5.97 Å². The molecule has 104 valence electrons. The Kier molecular flexibility index (Phi) is 5.44. The van der Waals surface area contributed by atoms with Gasteiger partial charge in [0.25, 0.3) is 0 Å². The minimum absolute atomic E-state index is 0.0153. The van der Waals surface area contributed by atoms with Gasteiger partial charge in [0, 0.05) is 12.6 Å². The van der Waals surface area contributed by atoms with E-state index in [0.29, 0.717) is 13.0 Å². The Morgan fingerprint density at radius 3 is 2.50 bits per heavy atom. The van der Waals surface area contributed by atoms with Crippen molar-refractivity contribution < 1.29 is 14.7 Å². The third kappa shape index (κ3) is 4.94. The number of carboxylic acids is 1. The van der Waals surface area contributed by atoms with E-state index in [1.54, 1.807) is 0 Å². The highest BCUT2D eigenvalue weighted by molar-refractivity contribution is 5.75. The molecule has 0 aromatic rings. The Labute approximate surface area is 108 Å². The van der Waals surface area contributed by atoms with Crippen LogP contribution in [0.3, 0.4) is 0 Å². The van der Waals surface area contributed by atoms with E-state index in [1.807, 2.05) is 6.92 Å². The molecular weight excluding hydrogens is 232 g/mol. The van der Waals surface area contributed by atoms with Crippen LogP contribution in [-0.2, 0) is 4.79 Å². The summed E-state index contributed by atoms with van der Waals surface area (Å²) in [5, 5.41) is 14.3. The fourth-order valence-electron chi connectivity index (χ4n) is 2.27. The summed E-state index contributed by atoms with van der Waals surface area (Å²) in [6.45, 7) is 4.81. The van der Waals surface area contributed by atoms with E-state index in [0.717, 1.165) is 19.3 Å². The molecular formula is C13H24N2O3. The molecule has 1 unspecified atom stereocenters. The van der Waals surface area contributed by atoms with Crippen molar-refractivity contribution in [2.45, 2.75) is 58.4 Å². The minimum atomic E-state index is -0.875. The standard InChI is InChI=1S/C13H24N2O3/c1-3-5-10(8-11(16)17)15-12(18)14-9-13(2)6-4-7-13/h10H,3-9H2,1-2H3,(H,16,17)(H2,14,15,18). The molecule has 1 fully saturated rings. The topological polar surface area (TPSA) is 78.4 Å². The highest BCUT2D eigenvalue weighted by Gasteiger charge is 2.32. The van der Waals surface area contributed by atoms with Gasteiger partial charge in [0.1, 0.15) is 0 Å². The first-order valence-electron chi connectivity index (χ1n) is 6.71. The van der Waals surface area contributed by atoms with Crippen molar-refractivity contribution in [2.75, 3.05) is 6.54 Å². The van der Waals surface area contributed by atoms with Crippen LogP contribution in [0.25, 0.3) is 0 Å². The molecule has 1 rings (SSSR count). The lowest BCUT2D eigenvalue weighted by molar-refractivity contribution is -0.137. The summed E-state index contributed by atoms with van der Waals surface area (Å²) in [6.07, 6.45) is 5.07. The van der Waals surface area contributed by atoms with Crippen molar-refractivity contribution in [3.05, 3.63) is 0 Å². The zero-order valence-electron chi connectivity index (χ0n) is 11.3. The molecule has 0 saturated heterocycles. The molecule has 0 radical (unpaired) electrons. The lowest BCUT2D eigenvalue weighted by Gasteiger charge is -2.38. The average molecular weight is 256 g/mol. The van der Waals surface area contributed by atoms with Gasteiger partial charge in [0.2, 0.25) is 0 Å². The van der Waals surface area contributed by atoms with E-state index >= 15 is 0 Å². The van der Waals surface area contributed by atoms with Gasteiger partial charge in [-0.3, -0.25) is 4.79 Å². The van der Waals surface area contributed by atoms with Gasteiger partial charge in [-0.15, -0.1) is 0 Å². The third-order valence-electron chi connectivity index (χ3n) is 3.63. The number of aliphatic carboxylic acids is 1. The number of amides is 2. The molecule has 0 heterocycles. The highest BCUT2D eigenvalue weighted by Crippen LogP contribution is 2.39. The summed E-state index contributed by atoms with van der Waals surface area (Å²) < 4.78 is 0. The SMILES string of the molecule is CCCC(CC(=O)O)NC(=O)NCC1(C)CCC1. The largest absolute Gasteiger partial charge is 0.481 e. The lowest BCUT2D eigenvalue weighted by atomic mass is 9.70. The number of hydrogen-bond acceptors (Lipinski definition) is 2. The monoisotopic (exact) mass is 256 g/mol. The molecule has 5 nitrogen and oxygen atoms in total. The van der Waals surface area contributed by atoms with Crippen LogP contribution >= 0.6 is 0 Å². The molecule has 3 N–H and O–H groups in total. The van der Waals surface area contributed by atoms with Gasteiger partial charge in [0.05, 0.1) is 6.42 Å². The van der Waals surface area contributed by atoms with Crippen LogP contribution in [0.4, 0.5) is 4.79 Å². The van der Waals surface area contributed by atoms with Crippen LogP contribution < -0.4 is 10.6 Å². The first-order valence-corrected chi connectivity index (χ1v) is 6.71. The van der Waals surface area contributed by atoms with Gasteiger partial charge in [-0.05, 0) is 24.7 Å². The molecule has 1 saturated carbocycles. The average Bonchev–Trinajstić information content (AvgIpc) is 2.23. The van der Waals surface area contributed by atoms with E-state index in [9.17, 15) is 9.59 Å². The van der Waals surface area contributed by atoms with E-state index in [1.165, 1.54) is 6.42 Å². The summed E-state index contributed by atoms with van der Waals surface area (Å²) in [6, 6.07) is -0.524.